The molecule has 0 spiro atoms. The molecular weight excluding hydrogens is 216 g/mol. The van der Waals surface area contributed by atoms with Crippen molar-refractivity contribution in [2.24, 2.45) is 5.73 Å². The number of nitrogens with zero attached hydrogens (tertiary/aromatic N) is 1. The Morgan fingerprint density at radius 2 is 2.00 bits per heavy atom. The van der Waals surface area contributed by atoms with Gasteiger partial charge in [-0.05, 0) is 24.5 Å². The van der Waals surface area contributed by atoms with Gasteiger partial charge in [0.05, 0.1) is 0 Å². The Kier molecular flexibility index (Phi) is 3.42. The number of anilines is 1. The van der Waals surface area contributed by atoms with Crippen LogP contribution in [0.25, 0.3) is 0 Å². The van der Waals surface area contributed by atoms with E-state index in [1.54, 1.807) is 4.90 Å². The van der Waals surface area contributed by atoms with E-state index in [-0.39, 0.29) is 18.7 Å². The third-order valence-electron chi connectivity index (χ3n) is 3.00. The molecule has 2 rings (SSSR count). The number of primary amides is 1. The van der Waals surface area contributed by atoms with E-state index in [9.17, 15) is 9.59 Å². The van der Waals surface area contributed by atoms with Crippen molar-refractivity contribution in [1.82, 2.24) is 0 Å². The smallest absolute Gasteiger partial charge is 0.227 e. The lowest BCUT2D eigenvalue weighted by Crippen LogP contribution is -2.35. The molecule has 0 radical (unpaired) electrons. The lowest BCUT2D eigenvalue weighted by atomic mass is 10.0. The Morgan fingerprint density at radius 1 is 1.24 bits per heavy atom. The maximum Gasteiger partial charge on any atom is 0.227 e. The van der Waals surface area contributed by atoms with Crippen LogP contribution in [0.4, 0.5) is 5.69 Å². The average Bonchev–Trinajstić information content (AvgIpc) is 2.35. The SMILES string of the molecule is NC(=O)CCC(=O)N1CCCc2ccccc21. The van der Waals surface area contributed by atoms with Crippen LogP contribution in [0, 0.1) is 0 Å². The first-order valence-corrected chi connectivity index (χ1v) is 5.85. The normalized spacial score (nSPS) is 14.2. The zero-order valence-corrected chi connectivity index (χ0v) is 9.69. The average molecular weight is 232 g/mol. The number of carbonyl (C=O) groups excluding carboxylic acids is 2. The fourth-order valence-electron chi connectivity index (χ4n) is 2.16. The quantitative estimate of drug-likeness (QED) is 0.852. The van der Waals surface area contributed by atoms with Crippen LogP contribution in [0.15, 0.2) is 24.3 Å². The molecule has 1 aliphatic rings. The highest BCUT2D eigenvalue weighted by molar-refractivity contribution is 5.96. The first-order valence-electron chi connectivity index (χ1n) is 5.85. The number of para-hydroxylation sites is 1. The molecule has 4 nitrogen and oxygen atoms in total. The third kappa shape index (κ3) is 2.64. The van der Waals surface area contributed by atoms with Crippen molar-refractivity contribution in [1.29, 1.82) is 0 Å². The van der Waals surface area contributed by atoms with Crippen molar-refractivity contribution >= 4 is 17.5 Å². The van der Waals surface area contributed by atoms with Crippen molar-refractivity contribution in [2.45, 2.75) is 25.7 Å². The van der Waals surface area contributed by atoms with Gasteiger partial charge in [0, 0.05) is 25.1 Å². The van der Waals surface area contributed by atoms with Crippen LogP contribution in [-0.4, -0.2) is 18.4 Å². The summed E-state index contributed by atoms with van der Waals surface area (Å²) < 4.78 is 0. The molecule has 0 aromatic heterocycles. The molecular formula is C13H16N2O2. The molecule has 0 fully saturated rings. The number of hydrogen-bond donors (Lipinski definition) is 1. The number of carbonyl (C=O) groups is 2. The summed E-state index contributed by atoms with van der Waals surface area (Å²) in [5, 5.41) is 0. The highest BCUT2D eigenvalue weighted by atomic mass is 16.2. The van der Waals surface area contributed by atoms with Gasteiger partial charge in [-0.2, -0.15) is 0 Å². The number of amides is 2. The van der Waals surface area contributed by atoms with E-state index in [4.69, 9.17) is 5.73 Å². The monoisotopic (exact) mass is 232 g/mol. The predicted molar refractivity (Wildman–Crippen MR) is 65.5 cm³/mol. The first-order chi connectivity index (χ1) is 8.18. The Hall–Kier alpha value is -1.84. The van der Waals surface area contributed by atoms with Crippen molar-refractivity contribution in [3.63, 3.8) is 0 Å². The number of rotatable bonds is 3. The highest BCUT2D eigenvalue weighted by Gasteiger charge is 2.21. The van der Waals surface area contributed by atoms with Crippen molar-refractivity contribution in [3.05, 3.63) is 29.8 Å². The zero-order valence-electron chi connectivity index (χ0n) is 9.69. The van der Waals surface area contributed by atoms with Crippen LogP contribution in [0.1, 0.15) is 24.8 Å². The molecule has 2 N–H and O–H groups in total. The van der Waals surface area contributed by atoms with Crippen molar-refractivity contribution in [2.75, 3.05) is 11.4 Å². The van der Waals surface area contributed by atoms with E-state index in [2.05, 4.69) is 0 Å². The van der Waals surface area contributed by atoms with Crippen LogP contribution in [0.5, 0.6) is 0 Å². The lowest BCUT2D eigenvalue weighted by molar-refractivity contribution is -0.123. The second-order valence-electron chi connectivity index (χ2n) is 4.24. The Balaban J connectivity index is 2.12. The van der Waals surface area contributed by atoms with Gasteiger partial charge in [-0.1, -0.05) is 18.2 Å². The fraction of sp³-hybridized carbons (Fsp3) is 0.385. The molecule has 1 heterocycles. The van der Waals surface area contributed by atoms with Crippen LogP contribution in [0.2, 0.25) is 0 Å². The Morgan fingerprint density at radius 3 is 2.76 bits per heavy atom. The minimum Gasteiger partial charge on any atom is -0.370 e. The largest absolute Gasteiger partial charge is 0.370 e. The summed E-state index contributed by atoms with van der Waals surface area (Å²) in [7, 11) is 0. The molecule has 0 bridgehead atoms. The number of hydrogen-bond acceptors (Lipinski definition) is 2. The maximum atomic E-state index is 12.0. The minimum atomic E-state index is -0.427. The molecule has 1 aromatic carbocycles. The van der Waals surface area contributed by atoms with E-state index >= 15 is 0 Å². The van der Waals surface area contributed by atoms with Gasteiger partial charge in [0.2, 0.25) is 11.8 Å². The summed E-state index contributed by atoms with van der Waals surface area (Å²) >= 11 is 0. The summed E-state index contributed by atoms with van der Waals surface area (Å²) in [5.41, 5.74) is 7.24. The number of aryl methyl sites for hydroxylation is 1. The lowest BCUT2D eigenvalue weighted by Gasteiger charge is -2.29. The fourth-order valence-corrected chi connectivity index (χ4v) is 2.16. The van der Waals surface area contributed by atoms with E-state index in [1.165, 1.54) is 5.56 Å². The number of nitrogens with two attached hydrogens (primary N) is 1. The molecule has 2 amide bonds. The molecule has 1 aliphatic heterocycles. The summed E-state index contributed by atoms with van der Waals surface area (Å²) in [5.74, 6) is -0.445. The van der Waals surface area contributed by atoms with Gasteiger partial charge in [0.1, 0.15) is 0 Å². The molecule has 17 heavy (non-hydrogen) atoms. The Labute approximate surface area is 100 Å². The summed E-state index contributed by atoms with van der Waals surface area (Å²) in [6.45, 7) is 0.731. The van der Waals surface area contributed by atoms with Crippen LogP contribution in [0.3, 0.4) is 0 Å². The Bertz CT molecular complexity index is 443. The van der Waals surface area contributed by atoms with Crippen LogP contribution in [-0.2, 0) is 16.0 Å². The van der Waals surface area contributed by atoms with Gasteiger partial charge < -0.3 is 10.6 Å². The topological polar surface area (TPSA) is 63.4 Å². The van der Waals surface area contributed by atoms with Gasteiger partial charge >= 0.3 is 0 Å². The standard InChI is InChI=1S/C13H16N2O2/c14-12(16)7-8-13(17)15-9-3-5-10-4-1-2-6-11(10)15/h1-2,4,6H,3,5,7-9H2,(H2,14,16). The summed E-state index contributed by atoms with van der Waals surface area (Å²) in [4.78, 5) is 24.4. The summed E-state index contributed by atoms with van der Waals surface area (Å²) in [6.07, 6.45) is 2.30. The molecule has 0 saturated heterocycles. The second-order valence-corrected chi connectivity index (χ2v) is 4.24. The predicted octanol–water partition coefficient (Wildman–Crippen LogP) is 1.23. The molecule has 1 aromatic rings. The zero-order chi connectivity index (χ0) is 12.3. The maximum absolute atomic E-state index is 12.0. The summed E-state index contributed by atoms with van der Waals surface area (Å²) in [6, 6.07) is 7.91. The molecule has 0 atom stereocenters. The van der Waals surface area contributed by atoms with Crippen molar-refractivity contribution in [3.8, 4) is 0 Å². The van der Waals surface area contributed by atoms with Gasteiger partial charge in [-0.25, -0.2) is 0 Å². The molecule has 0 saturated carbocycles. The van der Waals surface area contributed by atoms with E-state index in [1.807, 2.05) is 24.3 Å². The minimum absolute atomic E-state index is 0.0176. The van der Waals surface area contributed by atoms with Gasteiger partial charge in [-0.15, -0.1) is 0 Å². The van der Waals surface area contributed by atoms with E-state index < -0.39 is 5.91 Å². The van der Waals surface area contributed by atoms with E-state index in [0.717, 1.165) is 25.1 Å². The van der Waals surface area contributed by atoms with Gasteiger partial charge in [0.25, 0.3) is 0 Å². The third-order valence-corrected chi connectivity index (χ3v) is 3.00. The van der Waals surface area contributed by atoms with Gasteiger partial charge in [-0.3, -0.25) is 9.59 Å². The molecule has 0 unspecified atom stereocenters. The number of fused-ring (bicyclic) bond motifs is 1. The molecule has 4 heteroatoms. The van der Waals surface area contributed by atoms with Crippen LogP contribution >= 0.6 is 0 Å². The van der Waals surface area contributed by atoms with Crippen LogP contribution < -0.4 is 10.6 Å². The molecule has 0 aliphatic carbocycles. The van der Waals surface area contributed by atoms with Crippen molar-refractivity contribution < 1.29 is 9.59 Å². The number of benzene rings is 1. The highest BCUT2D eigenvalue weighted by Crippen LogP contribution is 2.27. The van der Waals surface area contributed by atoms with E-state index in [0.29, 0.717) is 0 Å². The molecule has 90 valence electrons. The first kappa shape index (κ1) is 11.6. The second kappa shape index (κ2) is 4.99. The van der Waals surface area contributed by atoms with Gasteiger partial charge in [0.15, 0.2) is 0 Å².